The molecule has 0 saturated heterocycles. The summed E-state index contributed by atoms with van der Waals surface area (Å²) in [5, 5.41) is 15.8. The molecule has 3 aromatic heterocycles. The van der Waals surface area contributed by atoms with E-state index in [1.165, 1.54) is 18.3 Å². The molecule has 4 aromatic rings. The van der Waals surface area contributed by atoms with Crippen molar-refractivity contribution in [2.24, 2.45) is 5.92 Å². The first-order valence-electron chi connectivity index (χ1n) is 13.3. The second-order valence-electron chi connectivity index (χ2n) is 10.4. The Morgan fingerprint density at radius 3 is 2.39 bits per heavy atom. The molecule has 0 unspecified atom stereocenters. The predicted molar refractivity (Wildman–Crippen MR) is 157 cm³/mol. The van der Waals surface area contributed by atoms with Gasteiger partial charge in [0.25, 0.3) is 11.8 Å². The third kappa shape index (κ3) is 6.67. The van der Waals surface area contributed by atoms with Crippen LogP contribution in [0.4, 0.5) is 36.4 Å². The average Bonchev–Trinajstić information content (AvgIpc) is 3.52. The Morgan fingerprint density at radius 2 is 1.76 bits per heavy atom. The molecule has 5 rings (SSSR count). The SMILES string of the molecule is Cc1cc(I)cc(C(=O)NCC2CC2)c1NC(=O)c1cc(Cn2cc(C(F)(C(F)(F)F)C(F)(F)F)nn2)nn1-c1ncccc1Cl. The number of nitrogens with one attached hydrogen (secondary N) is 2. The van der Waals surface area contributed by atoms with E-state index >= 15 is 0 Å². The van der Waals surface area contributed by atoms with Crippen LogP contribution in [0.5, 0.6) is 0 Å². The van der Waals surface area contributed by atoms with Crippen LogP contribution in [0.2, 0.25) is 5.02 Å². The largest absolute Gasteiger partial charge is 0.437 e. The maximum Gasteiger partial charge on any atom is 0.437 e. The van der Waals surface area contributed by atoms with Crippen LogP contribution in [-0.2, 0) is 12.2 Å². The minimum Gasteiger partial charge on any atom is -0.352 e. The fourth-order valence-electron chi connectivity index (χ4n) is 4.43. The molecule has 0 spiro atoms. The van der Waals surface area contributed by atoms with Gasteiger partial charge in [0.1, 0.15) is 11.4 Å². The number of carbonyl (C=O) groups is 2. The fraction of sp³-hybridized carbons (Fsp3) is 0.333. The Hall–Kier alpha value is -3.81. The fourth-order valence-corrected chi connectivity index (χ4v) is 5.41. The van der Waals surface area contributed by atoms with E-state index in [-0.39, 0.29) is 39.7 Å². The number of carbonyl (C=O) groups excluding carboxylic acids is 2. The Labute approximate surface area is 273 Å². The molecule has 46 heavy (non-hydrogen) atoms. The van der Waals surface area contributed by atoms with E-state index in [4.69, 9.17) is 11.6 Å². The maximum absolute atomic E-state index is 14.5. The molecular weight excluding hydrogens is 764 g/mol. The highest BCUT2D eigenvalue weighted by Crippen LogP contribution is 2.52. The average molecular weight is 785 g/mol. The zero-order valence-electron chi connectivity index (χ0n) is 23.3. The summed E-state index contributed by atoms with van der Waals surface area (Å²) in [5.41, 5.74) is -7.20. The number of hydrogen-bond acceptors (Lipinski definition) is 6. The number of rotatable bonds is 9. The standard InChI is InChI=1S/C27H21ClF7IN8O2/c1-13-7-15(36)8-17(23(45)38-10-14-4-5-14)21(13)39-24(46)19-9-16(41-44(19)22-18(28)3-2-6-37-22)11-43-12-20(40-42-43)25(29,26(30,31)32)27(33,34)35/h2-3,6-9,12,14H,4-5,10-11H2,1H3,(H,38,45)(H,39,46). The lowest BCUT2D eigenvalue weighted by atomic mass is 10.0. The third-order valence-electron chi connectivity index (χ3n) is 6.96. The highest BCUT2D eigenvalue weighted by Gasteiger charge is 2.75. The van der Waals surface area contributed by atoms with Crippen LogP contribution < -0.4 is 10.6 Å². The van der Waals surface area contributed by atoms with Crippen molar-refractivity contribution in [1.29, 1.82) is 0 Å². The highest BCUT2D eigenvalue weighted by atomic mass is 127. The minimum absolute atomic E-state index is 0.0393. The molecule has 19 heteroatoms. The van der Waals surface area contributed by atoms with Crippen LogP contribution in [0, 0.1) is 16.4 Å². The lowest BCUT2D eigenvalue weighted by molar-refractivity contribution is -0.350. The second kappa shape index (κ2) is 12.4. The van der Waals surface area contributed by atoms with Crippen LogP contribution >= 0.6 is 34.2 Å². The Bertz CT molecular complexity index is 1790. The quantitative estimate of drug-likeness (QED) is 0.155. The van der Waals surface area contributed by atoms with Gasteiger partial charge in [0.15, 0.2) is 5.82 Å². The number of benzene rings is 1. The first kappa shape index (κ1) is 33.6. The number of hydrogen-bond donors (Lipinski definition) is 2. The molecule has 0 bridgehead atoms. The third-order valence-corrected chi connectivity index (χ3v) is 7.88. The highest BCUT2D eigenvalue weighted by molar-refractivity contribution is 14.1. The Balaban J connectivity index is 1.50. The Kier molecular flexibility index (Phi) is 9.06. The molecule has 244 valence electrons. The normalized spacial score (nSPS) is 14.0. The number of amides is 2. The number of pyridine rings is 1. The van der Waals surface area contributed by atoms with Crippen molar-refractivity contribution in [3.8, 4) is 5.82 Å². The molecule has 2 amide bonds. The first-order chi connectivity index (χ1) is 21.5. The summed E-state index contributed by atoms with van der Waals surface area (Å²) >= 11 is 8.32. The second-order valence-corrected chi connectivity index (χ2v) is 12.1. The van der Waals surface area contributed by atoms with Gasteiger partial charge in [-0.05, 0) is 84.2 Å². The van der Waals surface area contributed by atoms with Gasteiger partial charge in [-0.15, -0.1) is 5.10 Å². The number of anilines is 1. The molecule has 1 fully saturated rings. The topological polar surface area (TPSA) is 120 Å². The summed E-state index contributed by atoms with van der Waals surface area (Å²) in [4.78, 5) is 30.9. The summed E-state index contributed by atoms with van der Waals surface area (Å²) in [6.07, 6.45) is -9.25. The van der Waals surface area contributed by atoms with Crippen LogP contribution in [0.3, 0.4) is 0 Å². The van der Waals surface area contributed by atoms with E-state index < -0.39 is 42.1 Å². The van der Waals surface area contributed by atoms with Gasteiger partial charge >= 0.3 is 18.0 Å². The van der Waals surface area contributed by atoms with Crippen LogP contribution in [0.25, 0.3) is 5.82 Å². The lowest BCUT2D eigenvalue weighted by Crippen LogP contribution is -2.50. The summed E-state index contributed by atoms with van der Waals surface area (Å²) in [5.74, 6) is -0.865. The van der Waals surface area contributed by atoms with Gasteiger partial charge in [-0.2, -0.15) is 31.4 Å². The Morgan fingerprint density at radius 1 is 1.07 bits per heavy atom. The van der Waals surface area contributed by atoms with E-state index in [9.17, 15) is 40.3 Å². The summed E-state index contributed by atoms with van der Waals surface area (Å²) in [6.45, 7) is 1.53. The van der Waals surface area contributed by atoms with E-state index in [0.717, 1.165) is 27.2 Å². The summed E-state index contributed by atoms with van der Waals surface area (Å²) < 4.78 is 96.0. The van der Waals surface area contributed by atoms with Crippen LogP contribution in [0.15, 0.2) is 42.7 Å². The van der Waals surface area contributed by atoms with E-state index in [1.807, 2.05) is 22.6 Å². The van der Waals surface area contributed by atoms with Crippen LogP contribution in [-0.4, -0.2) is 60.5 Å². The molecule has 0 atom stereocenters. The number of aryl methyl sites for hydroxylation is 1. The van der Waals surface area contributed by atoms with Crippen molar-refractivity contribution >= 4 is 51.7 Å². The number of halogens is 9. The van der Waals surface area contributed by atoms with E-state index in [2.05, 4.69) is 31.0 Å². The van der Waals surface area contributed by atoms with Gasteiger partial charge in [0.05, 0.1) is 34.7 Å². The molecule has 2 N–H and O–H groups in total. The van der Waals surface area contributed by atoms with Gasteiger partial charge in [-0.3, -0.25) is 9.59 Å². The van der Waals surface area contributed by atoms with E-state index in [0.29, 0.717) is 22.7 Å². The number of nitrogens with zero attached hydrogens (tertiary/aromatic N) is 6. The van der Waals surface area contributed by atoms with Crippen molar-refractivity contribution in [2.45, 2.75) is 44.3 Å². The molecule has 1 saturated carbocycles. The minimum atomic E-state index is -6.38. The van der Waals surface area contributed by atoms with Gasteiger partial charge in [0, 0.05) is 16.3 Å². The van der Waals surface area contributed by atoms with Crippen molar-refractivity contribution in [3.63, 3.8) is 0 Å². The molecule has 10 nitrogen and oxygen atoms in total. The maximum atomic E-state index is 14.5. The number of aromatic nitrogens is 6. The molecule has 1 aliphatic rings. The zero-order chi connectivity index (χ0) is 33.6. The molecule has 1 aromatic carbocycles. The van der Waals surface area contributed by atoms with Gasteiger partial charge in [-0.1, -0.05) is 16.8 Å². The van der Waals surface area contributed by atoms with E-state index in [1.54, 1.807) is 19.1 Å². The molecule has 3 heterocycles. The monoisotopic (exact) mass is 784 g/mol. The molecular formula is C27H21ClF7IN8O2. The van der Waals surface area contributed by atoms with Gasteiger partial charge in [-0.25, -0.2) is 18.7 Å². The zero-order valence-corrected chi connectivity index (χ0v) is 26.3. The summed E-state index contributed by atoms with van der Waals surface area (Å²) in [6, 6.07) is 7.43. The van der Waals surface area contributed by atoms with Gasteiger partial charge in [0.2, 0.25) is 0 Å². The number of alkyl halides is 7. The van der Waals surface area contributed by atoms with Gasteiger partial charge < -0.3 is 10.6 Å². The lowest BCUT2D eigenvalue weighted by Gasteiger charge is -2.27. The summed E-state index contributed by atoms with van der Waals surface area (Å²) in [7, 11) is 0. The molecule has 0 radical (unpaired) electrons. The van der Waals surface area contributed by atoms with Crippen LogP contribution in [0.1, 0.15) is 50.6 Å². The smallest absolute Gasteiger partial charge is 0.352 e. The van der Waals surface area contributed by atoms with Crippen molar-refractivity contribution in [1.82, 2.24) is 35.1 Å². The molecule has 1 aliphatic carbocycles. The van der Waals surface area contributed by atoms with Crippen molar-refractivity contribution < 1.29 is 40.3 Å². The van der Waals surface area contributed by atoms with Crippen molar-refractivity contribution in [3.05, 3.63) is 79.5 Å². The predicted octanol–water partition coefficient (Wildman–Crippen LogP) is 6.16. The molecule has 0 aliphatic heterocycles. The van der Waals surface area contributed by atoms with Crippen molar-refractivity contribution in [2.75, 3.05) is 11.9 Å². The first-order valence-corrected chi connectivity index (χ1v) is 14.8.